The van der Waals surface area contributed by atoms with Gasteiger partial charge in [-0.05, 0) is 22.0 Å². The molecule has 0 N–H and O–H groups in total. The minimum atomic E-state index is -0.678. The molecular weight excluding hydrogens is 226 g/mol. The van der Waals surface area contributed by atoms with Crippen LogP contribution in [-0.2, 0) is 4.74 Å². The molecule has 5 heteroatoms. The maximum atomic E-state index is 10.9. The molecule has 0 saturated heterocycles. The topological polar surface area (TPSA) is 56.3 Å². The van der Waals surface area contributed by atoms with E-state index in [-0.39, 0.29) is 11.3 Å². The van der Waals surface area contributed by atoms with Crippen LogP contribution in [0.1, 0.15) is 20.8 Å². The Morgan fingerprint density at radius 1 is 1.33 bits per heavy atom. The molecule has 0 atom stereocenters. The summed E-state index contributed by atoms with van der Waals surface area (Å²) in [7, 11) is 0. The van der Waals surface area contributed by atoms with Gasteiger partial charge >= 0.3 is 11.9 Å². The zero-order chi connectivity index (χ0) is 8.72. The van der Waals surface area contributed by atoms with Crippen molar-refractivity contribution in [3.63, 3.8) is 0 Å². The Hall–Kier alpha value is -1.23. The van der Waals surface area contributed by atoms with E-state index >= 15 is 0 Å². The molecule has 2 heterocycles. The van der Waals surface area contributed by atoms with Crippen molar-refractivity contribution in [2.75, 3.05) is 0 Å². The zero-order valence-corrected chi connectivity index (χ0v) is 7.29. The molecule has 1 aromatic heterocycles. The third kappa shape index (κ3) is 0.937. The first-order valence-corrected chi connectivity index (χ1v) is 3.90. The van der Waals surface area contributed by atoms with E-state index in [9.17, 15) is 9.59 Å². The van der Waals surface area contributed by atoms with Gasteiger partial charge in [-0.15, -0.1) is 0 Å². The van der Waals surface area contributed by atoms with Gasteiger partial charge in [0.25, 0.3) is 0 Å². The molecule has 60 valence electrons. The third-order valence-corrected chi connectivity index (χ3v) is 1.89. The van der Waals surface area contributed by atoms with E-state index in [2.05, 4.69) is 25.7 Å². The zero-order valence-electron chi connectivity index (χ0n) is 5.70. The minimum Gasteiger partial charge on any atom is -0.384 e. The van der Waals surface area contributed by atoms with Crippen molar-refractivity contribution in [2.24, 2.45) is 0 Å². The smallest absolute Gasteiger partial charge is 0.365 e. The summed E-state index contributed by atoms with van der Waals surface area (Å²) in [5.41, 5.74) is 0.303. The molecule has 0 radical (unpaired) electrons. The van der Waals surface area contributed by atoms with Crippen molar-refractivity contribution in [1.82, 2.24) is 4.98 Å². The average Bonchev–Trinajstić information content (AvgIpc) is 2.28. The van der Waals surface area contributed by atoms with Crippen LogP contribution in [0.2, 0.25) is 0 Å². The first-order valence-electron chi connectivity index (χ1n) is 3.10. The predicted octanol–water partition coefficient (Wildman–Crippen LogP) is 1.15. The van der Waals surface area contributed by atoms with Gasteiger partial charge in [0.2, 0.25) is 0 Å². The molecule has 0 amide bonds. The van der Waals surface area contributed by atoms with Crippen LogP contribution in [0.3, 0.4) is 0 Å². The largest absolute Gasteiger partial charge is 0.384 e. The third-order valence-electron chi connectivity index (χ3n) is 1.45. The van der Waals surface area contributed by atoms with Crippen molar-refractivity contribution in [3.05, 3.63) is 28.0 Å². The number of rotatable bonds is 0. The Labute approximate surface area is 75.7 Å². The number of hydrogen-bond acceptors (Lipinski definition) is 4. The minimum absolute atomic E-state index is 0.0863. The Balaban J connectivity index is 2.68. The summed E-state index contributed by atoms with van der Waals surface area (Å²) in [6.07, 6.45) is 1.44. The van der Waals surface area contributed by atoms with Gasteiger partial charge in [0.1, 0.15) is 0 Å². The fraction of sp³-hybridized carbons (Fsp3) is 0. The van der Waals surface area contributed by atoms with Crippen LogP contribution in [0.25, 0.3) is 0 Å². The molecule has 12 heavy (non-hydrogen) atoms. The van der Waals surface area contributed by atoms with Crippen molar-refractivity contribution >= 4 is 27.9 Å². The molecule has 0 spiro atoms. The number of nitrogens with zero attached hydrogens (tertiary/aromatic N) is 1. The van der Waals surface area contributed by atoms with Crippen molar-refractivity contribution < 1.29 is 14.3 Å². The van der Waals surface area contributed by atoms with Crippen LogP contribution in [-0.4, -0.2) is 16.9 Å². The van der Waals surface area contributed by atoms with Crippen LogP contribution in [0.5, 0.6) is 0 Å². The molecule has 4 nitrogen and oxygen atoms in total. The van der Waals surface area contributed by atoms with E-state index in [0.717, 1.165) is 0 Å². The van der Waals surface area contributed by atoms with Gasteiger partial charge in [-0.1, -0.05) is 0 Å². The molecule has 2 rings (SSSR count). The van der Waals surface area contributed by atoms with Gasteiger partial charge in [0, 0.05) is 10.7 Å². The van der Waals surface area contributed by atoms with E-state index in [0.29, 0.717) is 4.47 Å². The number of hydrogen-bond donors (Lipinski definition) is 0. The number of halogens is 1. The molecule has 0 unspecified atom stereocenters. The molecular formula is C7H2BrNO3. The van der Waals surface area contributed by atoms with E-state index < -0.39 is 11.9 Å². The van der Waals surface area contributed by atoms with Crippen LogP contribution in [0, 0.1) is 0 Å². The van der Waals surface area contributed by atoms with Gasteiger partial charge in [0.15, 0.2) is 5.69 Å². The summed E-state index contributed by atoms with van der Waals surface area (Å²) >= 11 is 3.13. The number of pyridine rings is 1. The van der Waals surface area contributed by atoms with Gasteiger partial charge < -0.3 is 4.74 Å². The summed E-state index contributed by atoms with van der Waals surface area (Å²) in [6.45, 7) is 0. The molecule has 1 aliphatic heterocycles. The number of ether oxygens (including phenoxy) is 1. The highest BCUT2D eigenvalue weighted by molar-refractivity contribution is 9.10. The Morgan fingerprint density at radius 2 is 2.08 bits per heavy atom. The summed E-state index contributed by atoms with van der Waals surface area (Å²) in [5.74, 6) is -1.31. The van der Waals surface area contributed by atoms with E-state index in [4.69, 9.17) is 0 Å². The number of esters is 2. The Morgan fingerprint density at radius 3 is 2.83 bits per heavy atom. The van der Waals surface area contributed by atoms with Gasteiger partial charge in [-0.25, -0.2) is 14.6 Å². The highest BCUT2D eigenvalue weighted by Crippen LogP contribution is 2.20. The molecule has 1 aromatic rings. The maximum absolute atomic E-state index is 10.9. The highest BCUT2D eigenvalue weighted by atomic mass is 79.9. The summed E-state index contributed by atoms with van der Waals surface area (Å²) in [5, 5.41) is 0. The predicted molar refractivity (Wildman–Crippen MR) is 41.7 cm³/mol. The standard InChI is InChI=1S/C7H2BrNO3/c8-3-1-4-5(9-2-3)7(11)12-6(4)10/h1-2H. The van der Waals surface area contributed by atoms with Crippen LogP contribution < -0.4 is 0 Å². The lowest BCUT2D eigenvalue weighted by Gasteiger charge is -1.90. The molecule has 0 bridgehead atoms. The lowest BCUT2D eigenvalue weighted by molar-refractivity contribution is 0.0441. The van der Waals surface area contributed by atoms with E-state index in [1.54, 1.807) is 0 Å². The summed E-state index contributed by atoms with van der Waals surface area (Å²) in [6, 6.07) is 1.51. The van der Waals surface area contributed by atoms with Crippen LogP contribution in [0.15, 0.2) is 16.7 Å². The lowest BCUT2D eigenvalue weighted by Crippen LogP contribution is -1.97. The van der Waals surface area contributed by atoms with E-state index in [1.165, 1.54) is 12.3 Å². The first kappa shape index (κ1) is 7.42. The second kappa shape index (κ2) is 2.38. The quantitative estimate of drug-likeness (QED) is 0.493. The fourth-order valence-corrected chi connectivity index (χ4v) is 1.28. The SMILES string of the molecule is O=C1OC(=O)c2ncc(Br)cc21. The molecule has 1 aliphatic rings. The molecule has 0 aromatic carbocycles. The number of cyclic esters (lactones) is 2. The molecule has 0 saturated carbocycles. The van der Waals surface area contributed by atoms with Crippen molar-refractivity contribution in [1.29, 1.82) is 0 Å². The van der Waals surface area contributed by atoms with E-state index in [1.807, 2.05) is 0 Å². The first-order chi connectivity index (χ1) is 5.68. The lowest BCUT2D eigenvalue weighted by atomic mass is 10.2. The number of aromatic nitrogens is 1. The van der Waals surface area contributed by atoms with Crippen LogP contribution in [0.4, 0.5) is 0 Å². The Kier molecular flexibility index (Phi) is 1.47. The molecule has 0 aliphatic carbocycles. The second-order valence-corrected chi connectivity index (χ2v) is 3.14. The monoisotopic (exact) mass is 227 g/mol. The van der Waals surface area contributed by atoms with Crippen LogP contribution >= 0.6 is 15.9 Å². The summed E-state index contributed by atoms with van der Waals surface area (Å²) in [4.78, 5) is 25.5. The van der Waals surface area contributed by atoms with Gasteiger partial charge in [-0.3, -0.25) is 0 Å². The maximum Gasteiger partial charge on any atom is 0.365 e. The number of carbonyl (C=O) groups excluding carboxylic acids is 2. The van der Waals surface area contributed by atoms with Crippen molar-refractivity contribution in [2.45, 2.75) is 0 Å². The fourth-order valence-electron chi connectivity index (χ4n) is 0.945. The van der Waals surface area contributed by atoms with Gasteiger partial charge in [0.05, 0.1) is 5.56 Å². The number of fused-ring (bicyclic) bond motifs is 1. The van der Waals surface area contributed by atoms with Gasteiger partial charge in [-0.2, -0.15) is 0 Å². The van der Waals surface area contributed by atoms with Crippen molar-refractivity contribution in [3.8, 4) is 0 Å². The Bertz CT molecular complexity index is 388. The molecule has 0 fully saturated rings. The second-order valence-electron chi connectivity index (χ2n) is 2.23. The average molecular weight is 228 g/mol. The highest BCUT2D eigenvalue weighted by Gasteiger charge is 2.30. The number of carbonyl (C=O) groups is 2. The summed E-state index contributed by atoms with van der Waals surface area (Å²) < 4.78 is 4.97. The normalized spacial score (nSPS) is 14.4.